The summed E-state index contributed by atoms with van der Waals surface area (Å²) in [5.41, 5.74) is 5.31. The minimum atomic E-state index is -4.64. The van der Waals surface area contributed by atoms with Crippen LogP contribution < -0.4 is 30.2 Å². The highest BCUT2D eigenvalue weighted by atomic mass is 79.9. The van der Waals surface area contributed by atoms with Gasteiger partial charge in [-0.25, -0.2) is 9.59 Å². The number of anilines is 6. The van der Waals surface area contributed by atoms with E-state index in [1.54, 1.807) is 65.3 Å². The molecule has 12 rings (SSSR count). The number of carbonyl (C=O) groups excluding carboxylic acids is 2. The van der Waals surface area contributed by atoms with Crippen LogP contribution >= 0.6 is 59.3 Å². The zero-order chi connectivity index (χ0) is 106. The first-order valence-electron chi connectivity index (χ1n) is 49.3. The molecule has 798 valence electrons. The Hall–Kier alpha value is -8.97. The van der Waals surface area contributed by atoms with Crippen molar-refractivity contribution < 1.29 is 95.7 Å². The maximum atomic E-state index is 13.0. The number of aromatic nitrogens is 2. The number of aliphatic hydroxyl groups is 3. The molecule has 32 nitrogen and oxygen atoms in total. The fraction of sp³-hybridized carbons (Fsp3) is 0.621. The van der Waals surface area contributed by atoms with Gasteiger partial charge in [-0.2, -0.15) is 26.9 Å². The van der Waals surface area contributed by atoms with E-state index in [9.17, 15) is 92.8 Å². The van der Waals surface area contributed by atoms with Crippen molar-refractivity contribution in [1.82, 2.24) is 14.7 Å². The summed E-state index contributed by atoms with van der Waals surface area (Å²) in [5, 5.41) is 89.6. The minimum Gasteiger partial charge on any atom is -0.481 e. The first-order chi connectivity index (χ1) is 67.6. The van der Waals surface area contributed by atoms with Crippen molar-refractivity contribution in [2.45, 2.75) is 311 Å². The number of hydrogen-bond acceptors (Lipinski definition) is 28. The number of nitrogens with zero attached hydrogens (tertiary/aromatic N) is 10. The SMILES string of the molecule is C/C=C/C(=O)OC.C1CCOC1.CC(C)CN(c1ccc(Br)cc1[N+](=O)[O-])C1CCC(O)CC1.CC(C)CN(c1ccc([C@H](C)CC(=O)O)cc1Nc1nc(C(F)(F)F)ns1)C1CCC(O)CC1.CC(C)CNC1CCC(O)CC1.COC(=O)/C=C(\C)c1ccc(N(CC(C)C)C2CCC(OC)CC2)c([N+](=O)[O-])c1.COC1CCC(N(CC(C)C)c2ccc(Br)cc2[N+](=O)[O-])CC1.O=[N+]([O-])c1cc(Br)ccc1F. The fourth-order valence-corrected chi connectivity index (χ4v) is 19.3. The lowest BCUT2D eigenvalue weighted by atomic mass is 9.90. The molecule has 5 aromatic carbocycles. The van der Waals surface area contributed by atoms with Crippen LogP contribution in [0.2, 0.25) is 0 Å². The molecule has 0 spiro atoms. The number of carboxylic acids is 1. The molecular weight excluding hydrogens is 2070 g/mol. The fourth-order valence-electron chi connectivity index (χ4n) is 17.6. The molecule has 143 heavy (non-hydrogen) atoms. The summed E-state index contributed by atoms with van der Waals surface area (Å²) < 4.78 is 81.8. The molecule has 6 aromatic rings. The third kappa shape index (κ3) is 44.7. The van der Waals surface area contributed by atoms with E-state index in [0.717, 1.165) is 201 Å². The Labute approximate surface area is 869 Å². The van der Waals surface area contributed by atoms with Crippen LogP contribution in [0, 0.1) is 75.9 Å². The first-order valence-corrected chi connectivity index (χ1v) is 52.5. The molecule has 0 bridgehead atoms. The normalized spacial score (nSPS) is 20.2. The number of allylic oxidation sites excluding steroid dienone is 2. The number of methoxy groups -OCH3 is 4. The van der Waals surface area contributed by atoms with Gasteiger partial charge in [-0.1, -0.05) is 142 Å². The summed E-state index contributed by atoms with van der Waals surface area (Å²) >= 11 is 10.3. The predicted octanol–water partition coefficient (Wildman–Crippen LogP) is 24.7. The Kier molecular flexibility index (Phi) is 55.9. The molecule has 0 unspecified atom stereocenters. The van der Waals surface area contributed by atoms with Crippen LogP contribution in [0.5, 0.6) is 0 Å². The lowest BCUT2D eigenvalue weighted by molar-refractivity contribution is -0.387. The number of aliphatic carboxylic acids is 1. The third-order valence-electron chi connectivity index (χ3n) is 24.9. The highest BCUT2D eigenvalue weighted by Gasteiger charge is 2.39. The molecule has 6 N–H and O–H groups in total. The Morgan fingerprint density at radius 3 is 1.22 bits per heavy atom. The zero-order valence-corrected chi connectivity index (χ0v) is 91.3. The molecule has 1 aromatic heterocycles. The van der Waals surface area contributed by atoms with Crippen molar-refractivity contribution in [1.29, 1.82) is 0 Å². The van der Waals surface area contributed by atoms with Crippen molar-refractivity contribution in [2.24, 2.45) is 29.6 Å². The topological polar surface area (TPSA) is 414 Å². The number of esters is 2. The van der Waals surface area contributed by atoms with Crippen molar-refractivity contribution in [2.75, 3.05) is 99.3 Å². The second-order valence-corrected chi connectivity index (χ2v) is 42.4. The van der Waals surface area contributed by atoms with E-state index in [4.69, 9.17) is 14.2 Å². The van der Waals surface area contributed by atoms with E-state index >= 15 is 0 Å². The van der Waals surface area contributed by atoms with E-state index in [-0.39, 0.29) is 97.8 Å². The van der Waals surface area contributed by atoms with Crippen molar-refractivity contribution >= 4 is 139 Å². The number of halogens is 7. The average molecular weight is 2230 g/mol. The van der Waals surface area contributed by atoms with Gasteiger partial charge >= 0.3 is 29.8 Å². The summed E-state index contributed by atoms with van der Waals surface area (Å²) in [5.74, 6) is -1.73. The number of rotatable bonds is 33. The van der Waals surface area contributed by atoms with Crippen LogP contribution in [0.15, 0.2) is 123 Å². The monoisotopic (exact) mass is 2220 g/mol. The summed E-state index contributed by atoms with van der Waals surface area (Å²) in [7, 11) is 6.16. The molecule has 5 saturated carbocycles. The number of aliphatic hydroxyl groups excluding tert-OH is 3. The standard InChI is InChI=1S/C23H31F3N4O3S.C22H32N2O5.C17H25BrN2O3.C16H23BrN2O3.C10H21NO.C6H3BrFNO2.C5H8O2.C4H8O/c1-13(2)12-30(16-5-7-17(31)8-6-16)19-9-4-15(14(3)10-20(32)33)11-18(19)27-22-28-21(29-34-22)23(24,25)26;1-15(2)14-23(18-7-9-19(28-4)10-8-18)20-11-6-17(13-21(20)24(26)27)16(3)12-22(25)29-5;1-12(2)11-19(14-5-7-15(23-3)8-6-14)16-9-4-13(18)10-17(16)20(21)22;1-11(2)10-18(13-4-6-14(20)7-5-13)15-8-3-12(17)9-16(15)19(21)22;1-8(2)7-11-9-3-5-10(12)6-4-9;7-4-1-2-5(8)6(3-4)9(10)11;1-3-4-5(6)7-2;1-2-4-5-3-1/h4,9,11,13-14,16-17,31H,5-8,10,12H2,1-3H3,(H,32,33)(H,27,28,29);6,11-13,15,18-19H,7-10,14H2,1-5H3;4,9-10,12,14-15H,5-8,11H2,1-3H3;3,8-9,11,13-14,20H,4-7,10H2,1-2H3;8-12H,3-7H2,1-2H3;1-3H;3-4H,1-2H3;1-4H2/b;16-12+;;;;;4-3+;/t14-,16?,17?;;;;;;;/m1......./s1. The zero-order valence-electron chi connectivity index (χ0n) is 85.7. The second kappa shape index (κ2) is 64.2. The van der Waals surface area contributed by atoms with Crippen LogP contribution in [-0.2, 0) is 44.2 Å². The number of alkyl halides is 3. The molecule has 6 fully saturated rings. The van der Waals surface area contributed by atoms with E-state index in [2.05, 4.69) is 166 Å². The molecule has 40 heteroatoms. The molecule has 1 aliphatic heterocycles. The molecule has 1 saturated heterocycles. The maximum absolute atomic E-state index is 13.0. The average Bonchev–Trinajstić information content (AvgIpc) is 1.79. The second-order valence-electron chi connectivity index (χ2n) is 38.9. The summed E-state index contributed by atoms with van der Waals surface area (Å²) in [6, 6.07) is 26.6. The van der Waals surface area contributed by atoms with E-state index in [1.807, 2.05) is 48.5 Å². The van der Waals surface area contributed by atoms with Crippen molar-refractivity contribution in [3.8, 4) is 0 Å². The Bertz CT molecular complexity index is 4930. The van der Waals surface area contributed by atoms with Crippen LogP contribution in [0.4, 0.5) is 73.9 Å². The van der Waals surface area contributed by atoms with Gasteiger partial charge in [0.1, 0.15) is 17.1 Å². The molecule has 0 amide bonds. The highest BCUT2D eigenvalue weighted by molar-refractivity contribution is 9.11. The lowest BCUT2D eigenvalue weighted by Gasteiger charge is -2.39. The van der Waals surface area contributed by atoms with Gasteiger partial charge in [0.2, 0.25) is 16.8 Å². The predicted molar refractivity (Wildman–Crippen MR) is 566 cm³/mol. The number of carbonyl (C=O) groups is 3. The lowest BCUT2D eigenvalue weighted by Crippen LogP contribution is -2.41. The molecule has 0 radical (unpaired) electrons. The maximum Gasteiger partial charge on any atom is 0.452 e. The number of carboxylic acid groups (broad SMARTS) is 1. The number of nitro groups is 4. The number of hydrogen-bond donors (Lipinski definition) is 6. The highest BCUT2D eigenvalue weighted by Crippen LogP contribution is 2.44. The van der Waals surface area contributed by atoms with Gasteiger partial charge in [0.15, 0.2) is 0 Å². The van der Waals surface area contributed by atoms with Crippen molar-refractivity contribution in [3.05, 3.63) is 186 Å². The Balaban J connectivity index is 0.000000304. The van der Waals surface area contributed by atoms with E-state index in [0.29, 0.717) is 103 Å². The van der Waals surface area contributed by atoms with Gasteiger partial charge < -0.3 is 74.3 Å². The quantitative estimate of drug-likeness (QED) is 0.00732. The van der Waals surface area contributed by atoms with Gasteiger partial charge in [0.05, 0.1) is 82.2 Å². The number of nitro benzene ring substituents is 4. The van der Waals surface area contributed by atoms with Crippen molar-refractivity contribution in [3.63, 3.8) is 0 Å². The summed E-state index contributed by atoms with van der Waals surface area (Å²) in [6.07, 6.45) is 20.7. The van der Waals surface area contributed by atoms with Crippen LogP contribution in [-0.4, -0.2) is 202 Å². The first kappa shape index (κ1) is 124. The van der Waals surface area contributed by atoms with Gasteiger partial charge in [0.25, 0.3) is 17.1 Å². The largest absolute Gasteiger partial charge is 0.481 e. The Morgan fingerprint density at radius 2 is 0.888 bits per heavy atom. The number of nitrogens with one attached hydrogen (secondary N) is 2. The third-order valence-corrected chi connectivity index (χ3v) is 27.0. The van der Waals surface area contributed by atoms with Gasteiger partial charge in [0, 0.05) is 145 Å². The molecular formula is C103H151Br3F4N12O20S. The van der Waals surface area contributed by atoms with Crippen LogP contribution in [0.25, 0.3) is 5.57 Å². The summed E-state index contributed by atoms with van der Waals surface area (Å²) in [6.45, 7) is 32.9. The minimum absolute atomic E-state index is 0.0141. The summed E-state index contributed by atoms with van der Waals surface area (Å²) in [4.78, 5) is 88.5. The van der Waals surface area contributed by atoms with Gasteiger partial charge in [-0.3, -0.25) is 45.3 Å². The Morgan fingerprint density at radius 1 is 0.517 bits per heavy atom. The van der Waals surface area contributed by atoms with Crippen LogP contribution in [0.3, 0.4) is 0 Å². The van der Waals surface area contributed by atoms with E-state index in [1.165, 1.54) is 45.3 Å². The molecule has 6 aliphatic rings. The molecule has 2 heterocycles. The molecule has 5 aliphatic carbocycles. The van der Waals surface area contributed by atoms with Gasteiger partial charge in [-0.15, -0.1) is 0 Å². The van der Waals surface area contributed by atoms with Crippen LogP contribution in [0.1, 0.15) is 261 Å². The smallest absolute Gasteiger partial charge is 0.452 e. The van der Waals surface area contributed by atoms with Gasteiger partial charge in [-0.05, 0) is 268 Å². The van der Waals surface area contributed by atoms with E-state index < -0.39 is 40.4 Å². The molecule has 1 atom stereocenters. The number of ether oxygens (including phenoxy) is 5. The number of benzene rings is 5.